The fourth-order valence-corrected chi connectivity index (χ4v) is 3.21. The Hall–Kier alpha value is -1.76. The third-order valence-electron chi connectivity index (χ3n) is 3.13. The Morgan fingerprint density at radius 3 is 2.57 bits per heavy atom. The van der Waals surface area contributed by atoms with E-state index in [-0.39, 0.29) is 23.1 Å². The van der Waals surface area contributed by atoms with Crippen LogP contribution in [0.2, 0.25) is 0 Å². The standard InChI is InChI=1S/C16H18ClNO4S/c1-12-7-8-13(18-11-14(19)10-17)9-16(12)23(20,21)22-15-5-3-2-4-6-15/h2-9,14,18-19H,10-11H2,1H3. The molecule has 2 aromatic carbocycles. The number of para-hydroxylation sites is 1. The summed E-state index contributed by atoms with van der Waals surface area (Å²) in [6, 6.07) is 13.2. The van der Waals surface area contributed by atoms with Crippen molar-refractivity contribution in [1.82, 2.24) is 0 Å². The number of halogens is 1. The summed E-state index contributed by atoms with van der Waals surface area (Å²) < 4.78 is 30.0. The van der Waals surface area contributed by atoms with E-state index in [9.17, 15) is 13.5 Å². The van der Waals surface area contributed by atoms with Gasteiger partial charge in [0.05, 0.1) is 12.0 Å². The zero-order valence-corrected chi connectivity index (χ0v) is 14.1. The van der Waals surface area contributed by atoms with Crippen LogP contribution < -0.4 is 9.50 Å². The first-order valence-corrected chi connectivity index (χ1v) is 8.95. The summed E-state index contributed by atoms with van der Waals surface area (Å²) in [4.78, 5) is 0.0757. The minimum Gasteiger partial charge on any atom is -0.390 e. The molecule has 0 fully saturated rings. The number of hydrogen-bond donors (Lipinski definition) is 2. The molecule has 124 valence electrons. The Morgan fingerprint density at radius 1 is 1.22 bits per heavy atom. The van der Waals surface area contributed by atoms with E-state index in [1.54, 1.807) is 49.4 Å². The van der Waals surface area contributed by atoms with E-state index >= 15 is 0 Å². The monoisotopic (exact) mass is 355 g/mol. The maximum Gasteiger partial charge on any atom is 0.339 e. The first kappa shape index (κ1) is 17.6. The normalized spacial score (nSPS) is 12.7. The molecule has 0 saturated carbocycles. The maximum absolute atomic E-state index is 12.4. The molecule has 0 spiro atoms. The molecule has 0 aliphatic heterocycles. The lowest BCUT2D eigenvalue weighted by Crippen LogP contribution is -2.21. The van der Waals surface area contributed by atoms with Gasteiger partial charge in [0.25, 0.3) is 0 Å². The second kappa shape index (κ2) is 7.68. The van der Waals surface area contributed by atoms with Crippen molar-refractivity contribution in [3.05, 3.63) is 54.1 Å². The van der Waals surface area contributed by atoms with Gasteiger partial charge < -0.3 is 14.6 Å². The van der Waals surface area contributed by atoms with Crippen molar-refractivity contribution in [2.75, 3.05) is 17.7 Å². The van der Waals surface area contributed by atoms with Gasteiger partial charge in [-0.05, 0) is 36.8 Å². The van der Waals surface area contributed by atoms with Gasteiger partial charge in [-0.1, -0.05) is 24.3 Å². The van der Waals surface area contributed by atoms with E-state index < -0.39 is 16.2 Å². The van der Waals surface area contributed by atoms with Crippen molar-refractivity contribution >= 4 is 27.4 Å². The molecule has 2 aromatic rings. The zero-order chi connectivity index (χ0) is 16.9. The number of alkyl halides is 1. The summed E-state index contributed by atoms with van der Waals surface area (Å²) in [6.07, 6.45) is -0.710. The molecule has 0 aliphatic carbocycles. The molecule has 1 atom stereocenters. The van der Waals surface area contributed by atoms with Gasteiger partial charge in [0, 0.05) is 12.2 Å². The molecule has 2 rings (SSSR count). The summed E-state index contributed by atoms with van der Waals surface area (Å²) in [7, 11) is -3.94. The van der Waals surface area contributed by atoms with Gasteiger partial charge in [-0.25, -0.2) is 0 Å². The highest BCUT2D eigenvalue weighted by atomic mass is 35.5. The van der Waals surface area contributed by atoms with Gasteiger partial charge in [-0.2, -0.15) is 8.42 Å². The van der Waals surface area contributed by atoms with Crippen LogP contribution >= 0.6 is 11.6 Å². The molecule has 2 N–H and O–H groups in total. The number of anilines is 1. The SMILES string of the molecule is Cc1ccc(NCC(O)CCl)cc1S(=O)(=O)Oc1ccccc1. The van der Waals surface area contributed by atoms with E-state index in [1.165, 1.54) is 6.07 Å². The molecule has 0 heterocycles. The van der Waals surface area contributed by atoms with E-state index in [4.69, 9.17) is 15.8 Å². The summed E-state index contributed by atoms with van der Waals surface area (Å²) in [5, 5.41) is 12.4. The number of aliphatic hydroxyl groups is 1. The molecular formula is C16H18ClNO4S. The molecule has 0 aromatic heterocycles. The fraction of sp³-hybridized carbons (Fsp3) is 0.250. The number of nitrogens with one attached hydrogen (secondary N) is 1. The molecule has 0 amide bonds. The highest BCUT2D eigenvalue weighted by molar-refractivity contribution is 7.87. The van der Waals surface area contributed by atoms with Crippen LogP contribution in [-0.4, -0.2) is 32.1 Å². The Morgan fingerprint density at radius 2 is 1.91 bits per heavy atom. The highest BCUT2D eigenvalue weighted by Crippen LogP contribution is 2.24. The second-order valence-corrected chi connectivity index (χ2v) is 6.84. The molecule has 0 saturated heterocycles. The van der Waals surface area contributed by atoms with Crippen LogP contribution in [0, 0.1) is 6.92 Å². The van der Waals surface area contributed by atoms with Crippen molar-refractivity contribution in [2.45, 2.75) is 17.9 Å². The molecule has 7 heteroatoms. The lowest BCUT2D eigenvalue weighted by Gasteiger charge is -2.13. The first-order chi connectivity index (χ1) is 10.9. The van der Waals surface area contributed by atoms with Crippen LogP contribution in [0.1, 0.15) is 5.56 Å². The van der Waals surface area contributed by atoms with Crippen LogP contribution in [0.3, 0.4) is 0 Å². The third-order valence-corrected chi connectivity index (χ3v) is 4.87. The number of aliphatic hydroxyl groups excluding tert-OH is 1. The number of aryl methyl sites for hydroxylation is 1. The van der Waals surface area contributed by atoms with Crippen LogP contribution in [0.15, 0.2) is 53.4 Å². The van der Waals surface area contributed by atoms with Crippen LogP contribution in [0.25, 0.3) is 0 Å². The molecule has 0 radical (unpaired) electrons. The fourth-order valence-electron chi connectivity index (χ4n) is 1.92. The largest absolute Gasteiger partial charge is 0.390 e. The topological polar surface area (TPSA) is 75.6 Å². The Bertz CT molecular complexity index is 750. The first-order valence-electron chi connectivity index (χ1n) is 7.00. The van der Waals surface area contributed by atoms with Gasteiger partial charge in [-0.3, -0.25) is 0 Å². The predicted molar refractivity (Wildman–Crippen MR) is 90.7 cm³/mol. The summed E-state index contributed by atoms with van der Waals surface area (Å²) in [5.74, 6) is 0.351. The Labute approximate surface area is 141 Å². The number of benzene rings is 2. The average Bonchev–Trinajstić information content (AvgIpc) is 2.54. The summed E-state index contributed by atoms with van der Waals surface area (Å²) in [6.45, 7) is 1.92. The Kier molecular flexibility index (Phi) is 5.87. The summed E-state index contributed by atoms with van der Waals surface area (Å²) in [5.41, 5.74) is 1.14. The van der Waals surface area contributed by atoms with Crippen molar-refractivity contribution in [3.8, 4) is 5.75 Å². The van der Waals surface area contributed by atoms with Gasteiger partial charge in [0.15, 0.2) is 0 Å². The smallest absolute Gasteiger partial charge is 0.339 e. The van der Waals surface area contributed by atoms with Crippen LogP contribution in [0.5, 0.6) is 5.75 Å². The van der Waals surface area contributed by atoms with Crippen molar-refractivity contribution in [3.63, 3.8) is 0 Å². The van der Waals surface area contributed by atoms with Gasteiger partial charge >= 0.3 is 10.1 Å². The van der Waals surface area contributed by atoms with Crippen molar-refractivity contribution in [1.29, 1.82) is 0 Å². The minimum absolute atomic E-state index is 0.0757. The number of rotatable bonds is 7. The summed E-state index contributed by atoms with van der Waals surface area (Å²) >= 11 is 5.53. The van der Waals surface area contributed by atoms with E-state index in [1.807, 2.05) is 0 Å². The van der Waals surface area contributed by atoms with E-state index in [2.05, 4.69) is 5.32 Å². The average molecular weight is 356 g/mol. The predicted octanol–water partition coefficient (Wildman–Crippen LogP) is 2.77. The lowest BCUT2D eigenvalue weighted by atomic mass is 10.2. The minimum atomic E-state index is -3.94. The zero-order valence-electron chi connectivity index (χ0n) is 12.6. The van der Waals surface area contributed by atoms with Gasteiger partial charge in [0.2, 0.25) is 0 Å². The quantitative estimate of drug-likeness (QED) is 0.590. The lowest BCUT2D eigenvalue weighted by molar-refractivity contribution is 0.211. The van der Waals surface area contributed by atoms with Gasteiger partial charge in [-0.15, -0.1) is 11.6 Å². The van der Waals surface area contributed by atoms with E-state index in [0.29, 0.717) is 11.3 Å². The van der Waals surface area contributed by atoms with Crippen molar-refractivity contribution < 1.29 is 17.7 Å². The second-order valence-electron chi connectivity index (χ2n) is 5.02. The maximum atomic E-state index is 12.4. The Balaban J connectivity index is 2.23. The van der Waals surface area contributed by atoms with E-state index in [0.717, 1.165) is 0 Å². The van der Waals surface area contributed by atoms with Crippen molar-refractivity contribution in [2.24, 2.45) is 0 Å². The molecule has 23 heavy (non-hydrogen) atoms. The molecule has 0 aliphatic rings. The van der Waals surface area contributed by atoms with Crippen LogP contribution in [0.4, 0.5) is 5.69 Å². The molecule has 1 unspecified atom stereocenters. The molecule has 0 bridgehead atoms. The molecule has 5 nitrogen and oxygen atoms in total. The number of hydrogen-bond acceptors (Lipinski definition) is 5. The third kappa shape index (κ3) is 4.86. The highest BCUT2D eigenvalue weighted by Gasteiger charge is 2.20. The van der Waals surface area contributed by atoms with Crippen LogP contribution in [-0.2, 0) is 10.1 Å². The molecular weight excluding hydrogens is 338 g/mol. The van der Waals surface area contributed by atoms with Gasteiger partial charge in [0.1, 0.15) is 10.6 Å².